The van der Waals surface area contributed by atoms with Gasteiger partial charge in [-0.1, -0.05) is 18.6 Å². The number of para-hydroxylation sites is 1. The van der Waals surface area contributed by atoms with Crippen molar-refractivity contribution in [2.24, 2.45) is 11.7 Å². The summed E-state index contributed by atoms with van der Waals surface area (Å²) >= 11 is 0. The van der Waals surface area contributed by atoms with Gasteiger partial charge in [0, 0.05) is 12.0 Å². The van der Waals surface area contributed by atoms with Gasteiger partial charge in [0.25, 0.3) is 0 Å². The predicted molar refractivity (Wildman–Crippen MR) is 79.9 cm³/mol. The largest absolute Gasteiger partial charge is 0.491 e. The molecule has 0 radical (unpaired) electrons. The molecule has 0 heterocycles. The monoisotopic (exact) mass is 330 g/mol. The molecular formula is C16H21F3N2O2. The lowest BCUT2D eigenvalue weighted by atomic mass is 9.85. The molecule has 2 atom stereocenters. The van der Waals surface area contributed by atoms with Crippen molar-refractivity contribution >= 4 is 5.91 Å². The Morgan fingerprint density at radius 1 is 1.30 bits per heavy atom. The summed E-state index contributed by atoms with van der Waals surface area (Å²) in [4.78, 5) is 12.0. The van der Waals surface area contributed by atoms with Gasteiger partial charge in [0.2, 0.25) is 5.91 Å². The van der Waals surface area contributed by atoms with Crippen LogP contribution in [-0.2, 0) is 11.0 Å². The van der Waals surface area contributed by atoms with Crippen LogP contribution in [0.5, 0.6) is 5.75 Å². The van der Waals surface area contributed by atoms with Crippen molar-refractivity contribution in [1.82, 2.24) is 5.32 Å². The number of benzene rings is 1. The summed E-state index contributed by atoms with van der Waals surface area (Å²) in [6.07, 6.45) is -1.14. The van der Waals surface area contributed by atoms with Gasteiger partial charge in [-0.15, -0.1) is 0 Å². The van der Waals surface area contributed by atoms with Crippen LogP contribution >= 0.6 is 0 Å². The molecular weight excluding hydrogens is 309 g/mol. The molecule has 1 saturated carbocycles. The minimum atomic E-state index is -4.46. The number of nitrogens with two attached hydrogens (primary N) is 1. The Balaban J connectivity index is 1.79. The number of hydrogen-bond donors (Lipinski definition) is 2. The van der Waals surface area contributed by atoms with Gasteiger partial charge in [0.1, 0.15) is 12.4 Å². The average Bonchev–Trinajstić information content (AvgIpc) is 2.51. The van der Waals surface area contributed by atoms with Gasteiger partial charge in [-0.2, -0.15) is 13.2 Å². The zero-order valence-corrected chi connectivity index (χ0v) is 12.7. The zero-order chi connectivity index (χ0) is 16.9. The highest BCUT2D eigenvalue weighted by Gasteiger charge is 2.34. The van der Waals surface area contributed by atoms with E-state index >= 15 is 0 Å². The van der Waals surface area contributed by atoms with Gasteiger partial charge in [-0.25, -0.2) is 0 Å². The Labute approximate surface area is 133 Å². The summed E-state index contributed by atoms with van der Waals surface area (Å²) in [6.45, 7) is 0.147. The van der Waals surface area contributed by atoms with Crippen LogP contribution in [0.2, 0.25) is 0 Å². The normalized spacial score (nSPS) is 21.7. The van der Waals surface area contributed by atoms with E-state index < -0.39 is 11.7 Å². The van der Waals surface area contributed by atoms with Crippen molar-refractivity contribution in [3.05, 3.63) is 29.8 Å². The molecule has 4 nitrogen and oxygen atoms in total. The van der Waals surface area contributed by atoms with Gasteiger partial charge in [0.15, 0.2) is 0 Å². The second kappa shape index (κ2) is 7.68. The van der Waals surface area contributed by atoms with E-state index in [0.717, 1.165) is 25.3 Å². The fourth-order valence-corrected chi connectivity index (χ4v) is 2.77. The summed E-state index contributed by atoms with van der Waals surface area (Å²) in [5.74, 6) is -0.442. The Morgan fingerprint density at radius 2 is 2.04 bits per heavy atom. The molecule has 1 amide bonds. The van der Waals surface area contributed by atoms with Crippen molar-refractivity contribution in [3.63, 3.8) is 0 Å². The Kier molecular flexibility index (Phi) is 5.87. The van der Waals surface area contributed by atoms with Gasteiger partial charge in [-0.05, 0) is 31.4 Å². The second-order valence-electron chi connectivity index (χ2n) is 5.76. The van der Waals surface area contributed by atoms with E-state index in [-0.39, 0.29) is 36.8 Å². The topological polar surface area (TPSA) is 64.4 Å². The third kappa shape index (κ3) is 5.13. The van der Waals surface area contributed by atoms with Crippen LogP contribution < -0.4 is 15.8 Å². The lowest BCUT2D eigenvalue weighted by Gasteiger charge is -2.25. The van der Waals surface area contributed by atoms with Gasteiger partial charge in [-0.3, -0.25) is 4.79 Å². The third-order valence-corrected chi connectivity index (χ3v) is 3.94. The molecule has 1 fully saturated rings. The molecule has 0 bridgehead atoms. The van der Waals surface area contributed by atoms with Crippen molar-refractivity contribution in [1.29, 1.82) is 0 Å². The molecule has 3 N–H and O–H groups in total. The minimum Gasteiger partial charge on any atom is -0.491 e. The molecule has 1 aromatic rings. The molecule has 2 rings (SSSR count). The molecule has 1 aliphatic rings. The van der Waals surface area contributed by atoms with E-state index in [2.05, 4.69) is 5.32 Å². The lowest BCUT2D eigenvalue weighted by molar-refractivity contribution is -0.139. The summed E-state index contributed by atoms with van der Waals surface area (Å²) in [6, 6.07) is 5.08. The number of ether oxygens (including phenoxy) is 1. The van der Waals surface area contributed by atoms with E-state index in [1.165, 1.54) is 18.2 Å². The summed E-state index contributed by atoms with van der Waals surface area (Å²) in [7, 11) is 0. The molecule has 1 aromatic carbocycles. The highest BCUT2D eigenvalue weighted by molar-refractivity contribution is 5.78. The van der Waals surface area contributed by atoms with Crippen LogP contribution in [0.3, 0.4) is 0 Å². The SMILES string of the molecule is NC1CCCC(C(=O)NCCOc2ccccc2C(F)(F)F)C1. The average molecular weight is 330 g/mol. The molecule has 0 aromatic heterocycles. The summed E-state index contributed by atoms with van der Waals surface area (Å²) < 4.78 is 43.6. The first-order chi connectivity index (χ1) is 10.9. The minimum absolute atomic E-state index is 0.0163. The van der Waals surface area contributed by atoms with E-state index in [1.54, 1.807) is 0 Å². The Hall–Kier alpha value is -1.76. The fourth-order valence-electron chi connectivity index (χ4n) is 2.77. The Bertz CT molecular complexity index is 534. The zero-order valence-electron chi connectivity index (χ0n) is 12.7. The third-order valence-electron chi connectivity index (χ3n) is 3.94. The molecule has 2 unspecified atom stereocenters. The molecule has 0 saturated heterocycles. The first-order valence-electron chi connectivity index (χ1n) is 7.70. The Morgan fingerprint density at radius 3 is 2.74 bits per heavy atom. The number of rotatable bonds is 5. The van der Waals surface area contributed by atoms with Crippen LogP contribution in [0.1, 0.15) is 31.2 Å². The number of hydrogen-bond acceptors (Lipinski definition) is 3. The van der Waals surface area contributed by atoms with E-state index in [4.69, 9.17) is 10.5 Å². The molecule has 23 heavy (non-hydrogen) atoms. The number of amides is 1. The van der Waals surface area contributed by atoms with Crippen LogP contribution in [0.25, 0.3) is 0 Å². The van der Waals surface area contributed by atoms with Crippen LogP contribution in [0.15, 0.2) is 24.3 Å². The van der Waals surface area contributed by atoms with Gasteiger partial charge < -0.3 is 15.8 Å². The molecule has 7 heteroatoms. The van der Waals surface area contributed by atoms with Gasteiger partial charge >= 0.3 is 6.18 Å². The predicted octanol–water partition coefficient (Wildman–Crippen LogP) is 2.72. The van der Waals surface area contributed by atoms with Crippen molar-refractivity contribution in [2.45, 2.75) is 37.9 Å². The standard InChI is InChI=1S/C16H21F3N2O2/c17-16(18,19)13-6-1-2-7-14(13)23-9-8-21-15(22)11-4-3-5-12(20)10-11/h1-2,6-7,11-12H,3-5,8-10,20H2,(H,21,22). The fraction of sp³-hybridized carbons (Fsp3) is 0.562. The van der Waals surface area contributed by atoms with Crippen molar-refractivity contribution < 1.29 is 22.7 Å². The second-order valence-corrected chi connectivity index (χ2v) is 5.76. The number of carbonyl (C=O) groups is 1. The van der Waals surface area contributed by atoms with Gasteiger partial charge in [0.05, 0.1) is 12.1 Å². The maximum Gasteiger partial charge on any atom is 0.419 e. The van der Waals surface area contributed by atoms with E-state index in [1.807, 2.05) is 0 Å². The number of carbonyl (C=O) groups excluding carboxylic acids is 1. The van der Waals surface area contributed by atoms with Crippen molar-refractivity contribution in [3.8, 4) is 5.75 Å². The first-order valence-corrected chi connectivity index (χ1v) is 7.70. The lowest BCUT2D eigenvalue weighted by Crippen LogP contribution is -2.39. The molecule has 1 aliphatic carbocycles. The molecule has 0 spiro atoms. The molecule has 0 aliphatic heterocycles. The van der Waals surface area contributed by atoms with Crippen LogP contribution in [0, 0.1) is 5.92 Å². The maximum atomic E-state index is 12.8. The van der Waals surface area contributed by atoms with E-state index in [0.29, 0.717) is 6.42 Å². The highest BCUT2D eigenvalue weighted by Crippen LogP contribution is 2.35. The van der Waals surface area contributed by atoms with Crippen LogP contribution in [-0.4, -0.2) is 25.1 Å². The summed E-state index contributed by atoms with van der Waals surface area (Å²) in [5.41, 5.74) is 5.02. The number of halogens is 3. The van der Waals surface area contributed by atoms with E-state index in [9.17, 15) is 18.0 Å². The highest BCUT2D eigenvalue weighted by atomic mass is 19.4. The van der Waals surface area contributed by atoms with Crippen LogP contribution in [0.4, 0.5) is 13.2 Å². The molecule has 128 valence electrons. The maximum absolute atomic E-state index is 12.8. The number of alkyl halides is 3. The number of nitrogens with one attached hydrogen (secondary N) is 1. The first kappa shape index (κ1) is 17.6. The van der Waals surface area contributed by atoms with Crippen molar-refractivity contribution in [2.75, 3.05) is 13.2 Å². The summed E-state index contributed by atoms with van der Waals surface area (Å²) in [5, 5.41) is 2.70. The quantitative estimate of drug-likeness (QED) is 0.816. The smallest absolute Gasteiger partial charge is 0.419 e.